The van der Waals surface area contributed by atoms with Gasteiger partial charge in [-0.2, -0.15) is 0 Å². The molecule has 1 atom stereocenters. The first kappa shape index (κ1) is 15.8. The number of hydrogen-bond donors (Lipinski definition) is 1. The van der Waals surface area contributed by atoms with Gasteiger partial charge in [-0.15, -0.1) is 0 Å². The highest BCUT2D eigenvalue weighted by Crippen LogP contribution is 2.23. The summed E-state index contributed by atoms with van der Waals surface area (Å²) in [6, 6.07) is 14.6. The fraction of sp³-hybridized carbons (Fsp3) is 0.353. The van der Waals surface area contributed by atoms with Crippen molar-refractivity contribution >= 4 is 17.4 Å². The fourth-order valence-electron chi connectivity index (χ4n) is 2.51. The second kappa shape index (κ2) is 8.01. The molecule has 2 aromatic rings. The van der Waals surface area contributed by atoms with Crippen LogP contribution in [0.1, 0.15) is 25.5 Å². The van der Waals surface area contributed by atoms with Crippen molar-refractivity contribution in [1.29, 1.82) is 0 Å². The summed E-state index contributed by atoms with van der Waals surface area (Å²) in [6.45, 7) is 7.17. The molecule has 0 bridgehead atoms. The number of benzene rings is 1. The van der Waals surface area contributed by atoms with Gasteiger partial charge in [0.15, 0.2) is 0 Å². The number of anilines is 1. The standard InChI is InChI=1S/C17H22ClN3/c1-3-21(4-2)16(14-9-6-5-7-10-14)13-20-17-15(18)11-8-12-19-17/h5-12,16H,3-4,13H2,1-2H3,(H,19,20). The molecule has 3 nitrogen and oxygen atoms in total. The molecule has 1 aromatic carbocycles. The van der Waals surface area contributed by atoms with Gasteiger partial charge in [0.25, 0.3) is 0 Å². The maximum Gasteiger partial charge on any atom is 0.144 e. The second-order valence-electron chi connectivity index (χ2n) is 4.86. The molecular formula is C17H22ClN3. The minimum Gasteiger partial charge on any atom is -0.367 e. The Kier molecular flexibility index (Phi) is 6.03. The monoisotopic (exact) mass is 303 g/mol. The lowest BCUT2D eigenvalue weighted by atomic mass is 10.1. The highest BCUT2D eigenvalue weighted by atomic mass is 35.5. The second-order valence-corrected chi connectivity index (χ2v) is 5.27. The van der Waals surface area contributed by atoms with Crippen LogP contribution in [-0.2, 0) is 0 Å². The van der Waals surface area contributed by atoms with E-state index in [0.717, 1.165) is 25.5 Å². The number of aromatic nitrogens is 1. The van der Waals surface area contributed by atoms with Gasteiger partial charge < -0.3 is 5.32 Å². The summed E-state index contributed by atoms with van der Waals surface area (Å²) in [4.78, 5) is 6.72. The molecule has 1 aromatic heterocycles. The van der Waals surface area contributed by atoms with Crippen molar-refractivity contribution in [3.63, 3.8) is 0 Å². The molecule has 0 spiro atoms. The van der Waals surface area contributed by atoms with Crippen LogP contribution in [0, 0.1) is 0 Å². The third kappa shape index (κ3) is 4.19. The number of rotatable bonds is 7. The number of nitrogens with one attached hydrogen (secondary N) is 1. The van der Waals surface area contributed by atoms with Crippen LogP contribution in [0.5, 0.6) is 0 Å². The molecule has 0 amide bonds. The van der Waals surface area contributed by atoms with Crippen molar-refractivity contribution in [1.82, 2.24) is 9.88 Å². The van der Waals surface area contributed by atoms with Crippen LogP contribution in [0.25, 0.3) is 0 Å². The summed E-state index contributed by atoms with van der Waals surface area (Å²) in [5.41, 5.74) is 1.31. The first-order valence-electron chi connectivity index (χ1n) is 7.39. The minimum atomic E-state index is 0.305. The zero-order chi connectivity index (χ0) is 15.1. The maximum absolute atomic E-state index is 6.16. The van der Waals surface area contributed by atoms with E-state index in [-0.39, 0.29) is 0 Å². The van der Waals surface area contributed by atoms with E-state index >= 15 is 0 Å². The Bertz CT molecular complexity index is 541. The number of halogens is 1. The fourth-order valence-corrected chi connectivity index (χ4v) is 2.69. The Balaban J connectivity index is 2.15. The molecule has 1 N–H and O–H groups in total. The Labute approximate surface area is 132 Å². The Hall–Kier alpha value is -1.58. The Morgan fingerprint density at radius 1 is 1.10 bits per heavy atom. The summed E-state index contributed by atoms with van der Waals surface area (Å²) in [7, 11) is 0. The predicted octanol–water partition coefficient (Wildman–Crippen LogP) is 4.23. The third-order valence-electron chi connectivity index (χ3n) is 3.66. The maximum atomic E-state index is 6.16. The minimum absolute atomic E-state index is 0.305. The molecule has 112 valence electrons. The Morgan fingerprint density at radius 2 is 1.81 bits per heavy atom. The molecule has 4 heteroatoms. The highest BCUT2D eigenvalue weighted by Gasteiger charge is 2.18. The van der Waals surface area contributed by atoms with Gasteiger partial charge in [-0.1, -0.05) is 55.8 Å². The number of hydrogen-bond acceptors (Lipinski definition) is 3. The molecule has 0 aliphatic heterocycles. The summed E-state index contributed by atoms with van der Waals surface area (Å²) in [6.07, 6.45) is 1.75. The van der Waals surface area contributed by atoms with Crippen molar-refractivity contribution in [2.45, 2.75) is 19.9 Å². The first-order valence-corrected chi connectivity index (χ1v) is 7.77. The molecule has 0 radical (unpaired) electrons. The third-order valence-corrected chi connectivity index (χ3v) is 3.96. The van der Waals surface area contributed by atoms with Crippen LogP contribution in [0.4, 0.5) is 5.82 Å². The molecule has 1 unspecified atom stereocenters. The lowest BCUT2D eigenvalue weighted by Crippen LogP contribution is -2.33. The molecule has 0 aliphatic rings. The van der Waals surface area contributed by atoms with Crippen molar-refractivity contribution < 1.29 is 0 Å². The van der Waals surface area contributed by atoms with Crippen molar-refractivity contribution in [3.05, 3.63) is 59.2 Å². The van der Waals surface area contributed by atoms with Crippen LogP contribution >= 0.6 is 11.6 Å². The smallest absolute Gasteiger partial charge is 0.144 e. The van der Waals surface area contributed by atoms with E-state index in [4.69, 9.17) is 11.6 Å². The number of nitrogens with zero attached hydrogens (tertiary/aromatic N) is 2. The van der Waals surface area contributed by atoms with E-state index < -0.39 is 0 Å². The summed E-state index contributed by atoms with van der Waals surface area (Å²) < 4.78 is 0. The predicted molar refractivity (Wildman–Crippen MR) is 89.8 cm³/mol. The zero-order valence-electron chi connectivity index (χ0n) is 12.6. The molecule has 21 heavy (non-hydrogen) atoms. The van der Waals surface area contributed by atoms with E-state index in [1.54, 1.807) is 6.20 Å². The lowest BCUT2D eigenvalue weighted by molar-refractivity contribution is 0.228. The normalized spacial score (nSPS) is 12.4. The number of pyridine rings is 1. The van der Waals surface area contributed by atoms with Gasteiger partial charge in [-0.05, 0) is 30.8 Å². The first-order chi connectivity index (χ1) is 10.3. The average Bonchev–Trinajstić information content (AvgIpc) is 2.54. The van der Waals surface area contributed by atoms with Gasteiger partial charge in [0.1, 0.15) is 5.82 Å². The summed E-state index contributed by atoms with van der Waals surface area (Å²) in [5.74, 6) is 0.743. The van der Waals surface area contributed by atoms with Gasteiger partial charge in [0.05, 0.1) is 11.1 Å². The molecule has 0 saturated carbocycles. The largest absolute Gasteiger partial charge is 0.367 e. The number of likely N-dealkylation sites (N-methyl/N-ethyl adjacent to an activating group) is 1. The van der Waals surface area contributed by atoms with Gasteiger partial charge in [0, 0.05) is 12.7 Å². The quantitative estimate of drug-likeness (QED) is 0.829. The van der Waals surface area contributed by atoms with Gasteiger partial charge in [-0.3, -0.25) is 4.90 Å². The van der Waals surface area contributed by atoms with Gasteiger partial charge in [0.2, 0.25) is 0 Å². The molecule has 0 saturated heterocycles. The van der Waals surface area contributed by atoms with Crippen molar-refractivity contribution in [2.24, 2.45) is 0 Å². The van der Waals surface area contributed by atoms with E-state index in [9.17, 15) is 0 Å². The van der Waals surface area contributed by atoms with Crippen molar-refractivity contribution in [2.75, 3.05) is 25.0 Å². The van der Waals surface area contributed by atoms with Crippen LogP contribution in [0.15, 0.2) is 48.7 Å². The summed E-state index contributed by atoms with van der Waals surface area (Å²) >= 11 is 6.16. The van der Waals surface area contributed by atoms with Crippen LogP contribution in [-0.4, -0.2) is 29.5 Å². The van der Waals surface area contributed by atoms with E-state index in [2.05, 4.69) is 53.3 Å². The molecule has 1 heterocycles. The molecule has 0 fully saturated rings. The van der Waals surface area contributed by atoms with Crippen LogP contribution in [0.3, 0.4) is 0 Å². The van der Waals surface area contributed by atoms with Crippen molar-refractivity contribution in [3.8, 4) is 0 Å². The topological polar surface area (TPSA) is 28.2 Å². The van der Waals surface area contributed by atoms with E-state index in [0.29, 0.717) is 11.1 Å². The summed E-state index contributed by atoms with van der Waals surface area (Å²) in [5, 5.41) is 4.03. The van der Waals surface area contributed by atoms with Crippen LogP contribution < -0.4 is 5.32 Å². The SMILES string of the molecule is CCN(CC)C(CNc1ncccc1Cl)c1ccccc1. The van der Waals surface area contributed by atoms with E-state index in [1.807, 2.05) is 18.2 Å². The molecular weight excluding hydrogens is 282 g/mol. The van der Waals surface area contributed by atoms with Gasteiger partial charge >= 0.3 is 0 Å². The lowest BCUT2D eigenvalue weighted by Gasteiger charge is -2.30. The van der Waals surface area contributed by atoms with Gasteiger partial charge in [-0.25, -0.2) is 4.98 Å². The van der Waals surface area contributed by atoms with Crippen LogP contribution in [0.2, 0.25) is 5.02 Å². The Morgan fingerprint density at radius 3 is 2.43 bits per heavy atom. The average molecular weight is 304 g/mol. The van der Waals surface area contributed by atoms with E-state index in [1.165, 1.54) is 5.56 Å². The highest BCUT2D eigenvalue weighted by molar-refractivity contribution is 6.32. The molecule has 2 rings (SSSR count). The zero-order valence-corrected chi connectivity index (χ0v) is 13.3. The molecule has 0 aliphatic carbocycles.